The SMILES string of the molecule is CCC1CN(C(=S)NC2CCCC2)CCO1. The van der Waals surface area contributed by atoms with Crippen LogP contribution in [0.15, 0.2) is 0 Å². The summed E-state index contributed by atoms with van der Waals surface area (Å²) in [6.45, 7) is 4.87. The van der Waals surface area contributed by atoms with Crippen LogP contribution in [0.5, 0.6) is 0 Å². The van der Waals surface area contributed by atoms with E-state index in [-0.39, 0.29) is 0 Å². The first-order valence-corrected chi connectivity index (χ1v) is 6.87. The number of thiocarbonyl (C=S) groups is 1. The maximum atomic E-state index is 5.65. The Morgan fingerprint density at radius 3 is 2.88 bits per heavy atom. The Labute approximate surface area is 104 Å². The van der Waals surface area contributed by atoms with Gasteiger partial charge in [-0.3, -0.25) is 0 Å². The standard InChI is InChI=1S/C12H22N2OS/c1-2-11-9-14(7-8-15-11)12(16)13-10-5-3-4-6-10/h10-11H,2-9H2,1H3,(H,13,16). The molecule has 1 aliphatic heterocycles. The van der Waals surface area contributed by atoms with Gasteiger partial charge in [0.1, 0.15) is 0 Å². The summed E-state index contributed by atoms with van der Waals surface area (Å²) in [6, 6.07) is 0.621. The van der Waals surface area contributed by atoms with Crippen molar-refractivity contribution in [1.29, 1.82) is 0 Å². The minimum atomic E-state index is 0.358. The van der Waals surface area contributed by atoms with Gasteiger partial charge in [-0.2, -0.15) is 0 Å². The molecule has 2 fully saturated rings. The van der Waals surface area contributed by atoms with Crippen molar-refractivity contribution in [3.05, 3.63) is 0 Å². The van der Waals surface area contributed by atoms with Crippen LogP contribution in [0.2, 0.25) is 0 Å². The van der Waals surface area contributed by atoms with Crippen molar-refractivity contribution in [3.8, 4) is 0 Å². The van der Waals surface area contributed by atoms with Crippen LogP contribution in [0.1, 0.15) is 39.0 Å². The Kier molecular flexibility index (Phi) is 4.41. The van der Waals surface area contributed by atoms with E-state index < -0.39 is 0 Å². The molecule has 4 heteroatoms. The van der Waals surface area contributed by atoms with Gasteiger partial charge in [-0.25, -0.2) is 0 Å². The molecule has 0 amide bonds. The van der Waals surface area contributed by atoms with Crippen molar-refractivity contribution < 1.29 is 4.74 Å². The zero-order valence-electron chi connectivity index (χ0n) is 10.1. The predicted octanol–water partition coefficient (Wildman–Crippen LogP) is 1.91. The zero-order valence-corrected chi connectivity index (χ0v) is 10.9. The van der Waals surface area contributed by atoms with Crippen LogP contribution in [0.25, 0.3) is 0 Å². The molecule has 0 spiro atoms. The summed E-state index contributed by atoms with van der Waals surface area (Å²) in [5.74, 6) is 0. The Bertz CT molecular complexity index is 241. The Morgan fingerprint density at radius 1 is 1.44 bits per heavy atom. The summed E-state index contributed by atoms with van der Waals surface area (Å²) in [5, 5.41) is 4.43. The largest absolute Gasteiger partial charge is 0.375 e. The van der Waals surface area contributed by atoms with Crippen molar-refractivity contribution in [2.24, 2.45) is 0 Å². The molecule has 92 valence electrons. The lowest BCUT2D eigenvalue weighted by atomic mass is 10.2. The number of rotatable bonds is 2. The van der Waals surface area contributed by atoms with E-state index in [1.165, 1.54) is 25.7 Å². The summed E-state index contributed by atoms with van der Waals surface area (Å²) < 4.78 is 5.65. The number of nitrogens with zero attached hydrogens (tertiary/aromatic N) is 1. The van der Waals surface area contributed by atoms with E-state index >= 15 is 0 Å². The van der Waals surface area contributed by atoms with E-state index in [0.29, 0.717) is 12.1 Å². The van der Waals surface area contributed by atoms with Crippen molar-refractivity contribution in [2.45, 2.75) is 51.2 Å². The summed E-state index contributed by atoms with van der Waals surface area (Å²) in [7, 11) is 0. The van der Waals surface area contributed by atoms with Crippen LogP contribution in [0.4, 0.5) is 0 Å². The minimum Gasteiger partial charge on any atom is -0.375 e. The summed E-state index contributed by atoms with van der Waals surface area (Å²) in [6.07, 6.45) is 6.69. The Morgan fingerprint density at radius 2 is 2.19 bits per heavy atom. The third-order valence-corrected chi connectivity index (χ3v) is 3.94. The van der Waals surface area contributed by atoms with Gasteiger partial charge < -0.3 is 15.0 Å². The van der Waals surface area contributed by atoms with Gasteiger partial charge in [0.25, 0.3) is 0 Å². The van der Waals surface area contributed by atoms with Crippen molar-refractivity contribution in [3.63, 3.8) is 0 Å². The molecule has 1 heterocycles. The highest BCUT2D eigenvalue weighted by Gasteiger charge is 2.23. The second-order valence-corrected chi connectivity index (χ2v) is 5.16. The smallest absolute Gasteiger partial charge is 0.169 e. The number of hydrogen-bond acceptors (Lipinski definition) is 2. The molecule has 0 aromatic carbocycles. The highest BCUT2D eigenvalue weighted by Crippen LogP contribution is 2.18. The van der Waals surface area contributed by atoms with Gasteiger partial charge >= 0.3 is 0 Å². The van der Waals surface area contributed by atoms with Gasteiger partial charge in [0.2, 0.25) is 0 Å². The van der Waals surface area contributed by atoms with E-state index in [1.807, 2.05) is 0 Å². The molecule has 1 atom stereocenters. The first-order valence-electron chi connectivity index (χ1n) is 6.46. The Hall–Kier alpha value is -0.350. The molecule has 0 bridgehead atoms. The lowest BCUT2D eigenvalue weighted by Crippen LogP contribution is -2.51. The van der Waals surface area contributed by atoms with Gasteiger partial charge in [0, 0.05) is 19.1 Å². The van der Waals surface area contributed by atoms with E-state index in [4.69, 9.17) is 17.0 Å². The molecule has 1 aliphatic carbocycles. The maximum absolute atomic E-state index is 5.65. The number of morpholine rings is 1. The first kappa shape index (κ1) is 12.1. The first-order chi connectivity index (χ1) is 7.79. The van der Waals surface area contributed by atoms with Crippen LogP contribution in [-0.4, -0.2) is 41.9 Å². The molecule has 1 saturated carbocycles. The lowest BCUT2D eigenvalue weighted by Gasteiger charge is -2.35. The van der Waals surface area contributed by atoms with Crippen LogP contribution in [-0.2, 0) is 4.74 Å². The molecule has 16 heavy (non-hydrogen) atoms. The fourth-order valence-electron chi connectivity index (χ4n) is 2.49. The second kappa shape index (κ2) is 5.82. The van der Waals surface area contributed by atoms with Crippen LogP contribution in [0.3, 0.4) is 0 Å². The van der Waals surface area contributed by atoms with Gasteiger partial charge in [-0.1, -0.05) is 19.8 Å². The lowest BCUT2D eigenvalue weighted by molar-refractivity contribution is -0.00737. The molecule has 3 nitrogen and oxygen atoms in total. The van der Waals surface area contributed by atoms with Gasteiger partial charge in [-0.15, -0.1) is 0 Å². The maximum Gasteiger partial charge on any atom is 0.169 e. The molecular weight excluding hydrogens is 220 g/mol. The van der Waals surface area contributed by atoms with E-state index in [9.17, 15) is 0 Å². The third kappa shape index (κ3) is 3.08. The number of hydrogen-bond donors (Lipinski definition) is 1. The average molecular weight is 242 g/mol. The number of nitrogens with one attached hydrogen (secondary N) is 1. The molecule has 0 radical (unpaired) electrons. The normalized spacial score (nSPS) is 27.1. The van der Waals surface area contributed by atoms with Crippen LogP contribution in [0, 0.1) is 0 Å². The summed E-state index contributed by atoms with van der Waals surface area (Å²) >= 11 is 5.47. The van der Waals surface area contributed by atoms with Gasteiger partial charge in [-0.05, 0) is 31.5 Å². The molecule has 2 rings (SSSR count). The van der Waals surface area contributed by atoms with Crippen molar-refractivity contribution >= 4 is 17.3 Å². The molecule has 1 unspecified atom stereocenters. The molecule has 1 N–H and O–H groups in total. The topological polar surface area (TPSA) is 24.5 Å². The zero-order chi connectivity index (χ0) is 11.4. The molecule has 0 aromatic rings. The minimum absolute atomic E-state index is 0.358. The van der Waals surface area contributed by atoms with E-state index in [0.717, 1.165) is 31.2 Å². The second-order valence-electron chi connectivity index (χ2n) is 4.78. The van der Waals surface area contributed by atoms with Crippen LogP contribution >= 0.6 is 12.2 Å². The predicted molar refractivity (Wildman–Crippen MR) is 69.6 cm³/mol. The monoisotopic (exact) mass is 242 g/mol. The van der Waals surface area contributed by atoms with Crippen molar-refractivity contribution in [1.82, 2.24) is 10.2 Å². The molecule has 1 saturated heterocycles. The van der Waals surface area contributed by atoms with Crippen LogP contribution < -0.4 is 5.32 Å². The summed E-state index contributed by atoms with van der Waals surface area (Å²) in [4.78, 5) is 2.27. The fraction of sp³-hybridized carbons (Fsp3) is 0.917. The van der Waals surface area contributed by atoms with E-state index in [1.54, 1.807) is 0 Å². The summed E-state index contributed by atoms with van der Waals surface area (Å²) in [5.41, 5.74) is 0. The third-order valence-electron chi connectivity index (χ3n) is 3.56. The molecule has 0 aromatic heterocycles. The van der Waals surface area contributed by atoms with E-state index in [2.05, 4.69) is 17.1 Å². The fourth-order valence-corrected chi connectivity index (χ4v) is 2.82. The molecule has 2 aliphatic rings. The molecular formula is C12H22N2OS. The van der Waals surface area contributed by atoms with Crippen molar-refractivity contribution in [2.75, 3.05) is 19.7 Å². The number of ether oxygens (including phenoxy) is 1. The quantitative estimate of drug-likeness (QED) is 0.748. The highest BCUT2D eigenvalue weighted by molar-refractivity contribution is 7.80. The average Bonchev–Trinajstić information content (AvgIpc) is 2.82. The van der Waals surface area contributed by atoms with Gasteiger partial charge in [0.15, 0.2) is 5.11 Å². The highest BCUT2D eigenvalue weighted by atomic mass is 32.1. The Balaban J connectivity index is 1.79. The van der Waals surface area contributed by atoms with Gasteiger partial charge in [0.05, 0.1) is 12.7 Å².